The zero-order valence-corrected chi connectivity index (χ0v) is 14.3. The van der Waals surface area contributed by atoms with Gasteiger partial charge in [0.1, 0.15) is 0 Å². The summed E-state index contributed by atoms with van der Waals surface area (Å²) >= 11 is 3.52. The molecule has 1 aliphatic carbocycles. The zero-order chi connectivity index (χ0) is 15.1. The van der Waals surface area contributed by atoms with Crippen LogP contribution in [0, 0.1) is 6.92 Å². The first-order valence-corrected chi connectivity index (χ1v) is 8.74. The van der Waals surface area contributed by atoms with Crippen molar-refractivity contribution in [1.82, 2.24) is 5.32 Å². The highest BCUT2D eigenvalue weighted by Crippen LogP contribution is 2.20. The lowest BCUT2D eigenvalue weighted by atomic mass is 10.1. The minimum absolute atomic E-state index is 0.167. The van der Waals surface area contributed by atoms with E-state index in [4.69, 9.17) is 0 Å². The lowest BCUT2D eigenvalue weighted by molar-refractivity contribution is -0.121. The predicted molar refractivity (Wildman–Crippen MR) is 91.6 cm³/mol. The molecule has 0 heterocycles. The highest BCUT2D eigenvalue weighted by Gasteiger charge is 2.14. The van der Waals surface area contributed by atoms with Gasteiger partial charge in [0.05, 0.1) is 0 Å². The zero-order valence-electron chi connectivity index (χ0n) is 12.8. The molecular formula is C17H25BrN2O. The van der Waals surface area contributed by atoms with Gasteiger partial charge in [-0.25, -0.2) is 0 Å². The first-order chi connectivity index (χ1) is 10.1. The Morgan fingerprint density at radius 1 is 1.24 bits per heavy atom. The van der Waals surface area contributed by atoms with E-state index >= 15 is 0 Å². The normalized spacial score (nSPS) is 16.3. The maximum Gasteiger partial charge on any atom is 0.221 e. The quantitative estimate of drug-likeness (QED) is 0.771. The third kappa shape index (κ3) is 5.70. The number of carbonyl (C=O) groups excluding carboxylic acids is 1. The number of hydrogen-bond acceptors (Lipinski definition) is 2. The van der Waals surface area contributed by atoms with Crippen LogP contribution in [0.15, 0.2) is 22.7 Å². The molecule has 1 aromatic carbocycles. The molecule has 2 rings (SSSR count). The summed E-state index contributed by atoms with van der Waals surface area (Å²) in [5.41, 5.74) is 2.27. The van der Waals surface area contributed by atoms with Gasteiger partial charge >= 0.3 is 0 Å². The molecule has 116 valence electrons. The molecule has 1 amide bonds. The van der Waals surface area contributed by atoms with E-state index in [1.165, 1.54) is 31.2 Å². The maximum atomic E-state index is 12.0. The Balaban J connectivity index is 1.69. The van der Waals surface area contributed by atoms with Gasteiger partial charge in [0, 0.05) is 29.2 Å². The highest BCUT2D eigenvalue weighted by atomic mass is 79.9. The van der Waals surface area contributed by atoms with Crippen LogP contribution in [-0.2, 0) is 4.79 Å². The average molecular weight is 353 g/mol. The summed E-state index contributed by atoms with van der Waals surface area (Å²) < 4.78 is 1.09. The molecule has 1 saturated carbocycles. The van der Waals surface area contributed by atoms with Crippen LogP contribution in [0.25, 0.3) is 0 Å². The van der Waals surface area contributed by atoms with Gasteiger partial charge < -0.3 is 10.6 Å². The molecule has 0 aromatic heterocycles. The largest absolute Gasteiger partial charge is 0.384 e. The van der Waals surface area contributed by atoms with Gasteiger partial charge in [-0.1, -0.05) is 47.7 Å². The third-order valence-electron chi connectivity index (χ3n) is 4.07. The Morgan fingerprint density at radius 2 is 1.95 bits per heavy atom. The van der Waals surface area contributed by atoms with Crippen LogP contribution < -0.4 is 10.6 Å². The van der Waals surface area contributed by atoms with E-state index < -0.39 is 0 Å². The summed E-state index contributed by atoms with van der Waals surface area (Å²) in [6.07, 6.45) is 7.95. The fourth-order valence-corrected chi connectivity index (χ4v) is 3.13. The van der Waals surface area contributed by atoms with Crippen molar-refractivity contribution in [2.45, 2.75) is 57.9 Å². The smallest absolute Gasteiger partial charge is 0.221 e. The molecule has 1 fully saturated rings. The van der Waals surface area contributed by atoms with E-state index in [1.54, 1.807) is 0 Å². The Kier molecular flexibility index (Phi) is 6.55. The summed E-state index contributed by atoms with van der Waals surface area (Å²) in [4.78, 5) is 12.0. The van der Waals surface area contributed by atoms with Gasteiger partial charge in [0.15, 0.2) is 0 Å². The molecule has 21 heavy (non-hydrogen) atoms. The minimum atomic E-state index is 0.167. The standard InChI is InChI=1S/C17H25BrN2O/c1-13-8-9-15(12-16(13)18)19-11-10-17(21)20-14-6-4-2-3-5-7-14/h8-9,12,14,19H,2-7,10-11H2,1H3,(H,20,21). The molecule has 1 aliphatic rings. The van der Waals surface area contributed by atoms with Crippen LogP contribution in [0.5, 0.6) is 0 Å². The molecule has 0 aliphatic heterocycles. The summed E-state index contributed by atoms with van der Waals surface area (Å²) in [5.74, 6) is 0.167. The number of rotatable bonds is 5. The first kappa shape index (κ1) is 16.3. The maximum absolute atomic E-state index is 12.0. The van der Waals surface area contributed by atoms with Gasteiger partial charge in [0.2, 0.25) is 5.91 Å². The molecule has 4 heteroatoms. The van der Waals surface area contributed by atoms with Crippen molar-refractivity contribution in [2.24, 2.45) is 0 Å². The van der Waals surface area contributed by atoms with Crippen LogP contribution in [-0.4, -0.2) is 18.5 Å². The van der Waals surface area contributed by atoms with Crippen molar-refractivity contribution in [1.29, 1.82) is 0 Å². The minimum Gasteiger partial charge on any atom is -0.384 e. The number of carbonyl (C=O) groups is 1. The van der Waals surface area contributed by atoms with Crippen LogP contribution in [0.4, 0.5) is 5.69 Å². The van der Waals surface area contributed by atoms with Crippen molar-refractivity contribution in [3.63, 3.8) is 0 Å². The summed E-state index contributed by atoms with van der Waals surface area (Å²) in [5, 5.41) is 6.48. The third-order valence-corrected chi connectivity index (χ3v) is 4.93. The van der Waals surface area contributed by atoms with E-state index in [0.717, 1.165) is 23.0 Å². The molecule has 0 atom stereocenters. The van der Waals surface area contributed by atoms with Gasteiger partial charge in [-0.3, -0.25) is 4.79 Å². The van der Waals surface area contributed by atoms with Crippen molar-refractivity contribution in [2.75, 3.05) is 11.9 Å². The predicted octanol–water partition coefficient (Wildman–Crippen LogP) is 4.40. The Bertz CT molecular complexity index is 468. The lowest BCUT2D eigenvalue weighted by Crippen LogP contribution is -2.35. The van der Waals surface area contributed by atoms with Crippen molar-refractivity contribution < 1.29 is 4.79 Å². The molecule has 2 N–H and O–H groups in total. The number of aryl methyl sites for hydroxylation is 1. The summed E-state index contributed by atoms with van der Waals surface area (Å²) in [6.45, 7) is 2.74. The van der Waals surface area contributed by atoms with Gasteiger partial charge in [0.25, 0.3) is 0 Å². The summed E-state index contributed by atoms with van der Waals surface area (Å²) in [6, 6.07) is 6.56. The number of amides is 1. The van der Waals surface area contributed by atoms with Crippen LogP contribution in [0.1, 0.15) is 50.5 Å². The molecule has 0 unspecified atom stereocenters. The SMILES string of the molecule is Cc1ccc(NCCC(=O)NC2CCCCCC2)cc1Br. The average Bonchev–Trinajstić information content (AvgIpc) is 2.71. The number of halogens is 1. The molecule has 3 nitrogen and oxygen atoms in total. The Hall–Kier alpha value is -1.03. The number of nitrogens with one attached hydrogen (secondary N) is 2. The Labute approximate surface area is 136 Å². The molecular weight excluding hydrogens is 328 g/mol. The van der Waals surface area contributed by atoms with Crippen LogP contribution in [0.2, 0.25) is 0 Å². The molecule has 0 bridgehead atoms. The molecule has 1 aromatic rings. The van der Waals surface area contributed by atoms with E-state index in [0.29, 0.717) is 19.0 Å². The second-order valence-electron chi connectivity index (χ2n) is 5.90. The van der Waals surface area contributed by atoms with Crippen LogP contribution in [0.3, 0.4) is 0 Å². The summed E-state index contributed by atoms with van der Waals surface area (Å²) in [7, 11) is 0. The Morgan fingerprint density at radius 3 is 2.62 bits per heavy atom. The second kappa shape index (κ2) is 8.42. The fourth-order valence-electron chi connectivity index (χ4n) is 2.75. The van der Waals surface area contributed by atoms with Crippen molar-refractivity contribution in [3.8, 4) is 0 Å². The van der Waals surface area contributed by atoms with E-state index in [1.807, 2.05) is 6.07 Å². The topological polar surface area (TPSA) is 41.1 Å². The number of anilines is 1. The lowest BCUT2D eigenvalue weighted by Gasteiger charge is -2.16. The van der Waals surface area contributed by atoms with E-state index in [-0.39, 0.29) is 5.91 Å². The van der Waals surface area contributed by atoms with E-state index in [9.17, 15) is 4.79 Å². The van der Waals surface area contributed by atoms with Gasteiger partial charge in [-0.15, -0.1) is 0 Å². The van der Waals surface area contributed by atoms with Gasteiger partial charge in [-0.2, -0.15) is 0 Å². The highest BCUT2D eigenvalue weighted by molar-refractivity contribution is 9.10. The van der Waals surface area contributed by atoms with Crippen molar-refractivity contribution in [3.05, 3.63) is 28.2 Å². The molecule has 0 radical (unpaired) electrons. The van der Waals surface area contributed by atoms with E-state index in [2.05, 4.69) is 45.6 Å². The fraction of sp³-hybridized carbons (Fsp3) is 0.588. The monoisotopic (exact) mass is 352 g/mol. The van der Waals surface area contributed by atoms with Crippen molar-refractivity contribution >= 4 is 27.5 Å². The molecule has 0 saturated heterocycles. The second-order valence-corrected chi connectivity index (χ2v) is 6.75. The van der Waals surface area contributed by atoms with Gasteiger partial charge in [-0.05, 0) is 37.5 Å². The first-order valence-electron chi connectivity index (χ1n) is 7.94. The molecule has 0 spiro atoms. The number of benzene rings is 1. The van der Waals surface area contributed by atoms with Crippen LogP contribution >= 0.6 is 15.9 Å². The number of hydrogen-bond donors (Lipinski definition) is 2.